The maximum absolute atomic E-state index is 10.4. The van der Waals surface area contributed by atoms with Crippen LogP contribution in [0, 0.1) is 0 Å². The van der Waals surface area contributed by atoms with Gasteiger partial charge in [0.05, 0.1) is 0 Å². The van der Waals surface area contributed by atoms with Gasteiger partial charge in [-0.2, -0.15) is 0 Å². The van der Waals surface area contributed by atoms with Crippen LogP contribution in [0.25, 0.3) is 0 Å². The van der Waals surface area contributed by atoms with Gasteiger partial charge in [-0.05, 0) is 18.2 Å². The lowest BCUT2D eigenvalue weighted by Gasteiger charge is -1.97. The van der Waals surface area contributed by atoms with Crippen molar-refractivity contribution in [3.63, 3.8) is 0 Å². The predicted octanol–water partition coefficient (Wildman–Crippen LogP) is 2.88. The summed E-state index contributed by atoms with van der Waals surface area (Å²) in [5.74, 6) is -1.36. The summed E-state index contributed by atoms with van der Waals surface area (Å²) in [6, 6.07) is 4.23. The van der Waals surface area contributed by atoms with Gasteiger partial charge < -0.3 is 10.2 Å². The Balaban J connectivity index is 0.000000671. The summed E-state index contributed by atoms with van der Waals surface area (Å²) in [5.41, 5.74) is -0.0896. The third-order valence-electron chi connectivity index (χ3n) is 1.19. The zero-order valence-corrected chi connectivity index (χ0v) is 9.00. The lowest BCUT2D eigenvalue weighted by Crippen LogP contribution is -1.95. The summed E-state index contributed by atoms with van der Waals surface area (Å²) in [4.78, 5) is 10.4. The highest BCUT2D eigenvalue weighted by atomic mass is 79.9. The number of hydrogen-bond donors (Lipinski definition) is 2. The molecule has 72 valence electrons. The molecule has 0 saturated heterocycles. The standard InChI is InChI=1S/C7H5BrO3.C2H6/c8-4-1-2-5(7(10)11)6(9)3-4;1-2/h1-3,9H,(H,10,11);1-2H3. The largest absolute Gasteiger partial charge is 0.507 e. The van der Waals surface area contributed by atoms with E-state index in [2.05, 4.69) is 15.9 Å². The zero-order valence-electron chi connectivity index (χ0n) is 7.41. The summed E-state index contributed by atoms with van der Waals surface area (Å²) >= 11 is 3.09. The minimum atomic E-state index is -1.13. The van der Waals surface area contributed by atoms with Gasteiger partial charge in [-0.1, -0.05) is 29.8 Å². The monoisotopic (exact) mass is 246 g/mol. The van der Waals surface area contributed by atoms with Crippen LogP contribution in [-0.4, -0.2) is 16.2 Å². The Bertz CT molecular complexity index is 297. The van der Waals surface area contributed by atoms with Gasteiger partial charge in [0, 0.05) is 4.47 Å². The second-order valence-electron chi connectivity index (χ2n) is 1.97. The van der Waals surface area contributed by atoms with Crippen molar-refractivity contribution >= 4 is 21.9 Å². The first-order valence-electron chi connectivity index (χ1n) is 3.83. The third kappa shape index (κ3) is 3.46. The number of carboxylic acids is 1. The highest BCUT2D eigenvalue weighted by Crippen LogP contribution is 2.21. The number of halogens is 1. The van der Waals surface area contributed by atoms with Crippen LogP contribution in [0.1, 0.15) is 24.2 Å². The van der Waals surface area contributed by atoms with E-state index in [1.807, 2.05) is 13.8 Å². The van der Waals surface area contributed by atoms with E-state index in [0.29, 0.717) is 4.47 Å². The van der Waals surface area contributed by atoms with Crippen molar-refractivity contribution in [1.82, 2.24) is 0 Å². The minimum absolute atomic E-state index is 0.0896. The first-order valence-corrected chi connectivity index (χ1v) is 4.62. The van der Waals surface area contributed by atoms with Gasteiger partial charge in [0.15, 0.2) is 0 Å². The van der Waals surface area contributed by atoms with Crippen LogP contribution in [0.4, 0.5) is 0 Å². The highest BCUT2D eigenvalue weighted by molar-refractivity contribution is 9.10. The maximum atomic E-state index is 10.4. The van der Waals surface area contributed by atoms with Crippen LogP contribution in [0.5, 0.6) is 5.75 Å². The predicted molar refractivity (Wildman–Crippen MR) is 54.1 cm³/mol. The lowest BCUT2D eigenvalue weighted by molar-refractivity contribution is 0.0693. The van der Waals surface area contributed by atoms with E-state index in [9.17, 15) is 4.79 Å². The van der Waals surface area contributed by atoms with E-state index < -0.39 is 5.97 Å². The molecule has 0 saturated carbocycles. The fourth-order valence-electron chi connectivity index (χ4n) is 0.686. The molecule has 0 aliphatic carbocycles. The molecule has 13 heavy (non-hydrogen) atoms. The third-order valence-corrected chi connectivity index (χ3v) is 1.68. The van der Waals surface area contributed by atoms with Crippen molar-refractivity contribution in [2.45, 2.75) is 13.8 Å². The van der Waals surface area contributed by atoms with E-state index in [1.165, 1.54) is 12.1 Å². The van der Waals surface area contributed by atoms with E-state index in [1.54, 1.807) is 6.07 Å². The van der Waals surface area contributed by atoms with Gasteiger partial charge in [-0.3, -0.25) is 0 Å². The quantitative estimate of drug-likeness (QED) is 0.802. The van der Waals surface area contributed by atoms with Crippen molar-refractivity contribution in [3.05, 3.63) is 28.2 Å². The number of hydrogen-bond acceptors (Lipinski definition) is 2. The molecule has 0 spiro atoms. The first kappa shape index (κ1) is 12.0. The number of benzene rings is 1. The molecule has 0 aliphatic heterocycles. The average Bonchev–Trinajstić information content (AvgIpc) is 2.07. The molecule has 0 aliphatic rings. The van der Waals surface area contributed by atoms with E-state index >= 15 is 0 Å². The van der Waals surface area contributed by atoms with Crippen LogP contribution >= 0.6 is 15.9 Å². The van der Waals surface area contributed by atoms with Crippen LogP contribution in [-0.2, 0) is 0 Å². The molecule has 3 nitrogen and oxygen atoms in total. The summed E-state index contributed by atoms with van der Waals surface area (Å²) in [6.45, 7) is 4.00. The van der Waals surface area contributed by atoms with Crippen molar-refractivity contribution in [2.75, 3.05) is 0 Å². The Labute approximate surface area is 85.1 Å². The number of carboxylic acid groups (broad SMARTS) is 1. The molecule has 0 radical (unpaired) electrons. The topological polar surface area (TPSA) is 57.5 Å². The normalized spacial score (nSPS) is 8.54. The number of carbonyl (C=O) groups is 1. The van der Waals surface area contributed by atoms with Crippen molar-refractivity contribution in [3.8, 4) is 5.75 Å². The minimum Gasteiger partial charge on any atom is -0.507 e. The number of aromatic carboxylic acids is 1. The lowest BCUT2D eigenvalue weighted by atomic mass is 10.2. The Hall–Kier alpha value is -1.03. The van der Waals surface area contributed by atoms with E-state index in [0.717, 1.165) is 0 Å². The Morgan fingerprint density at radius 2 is 1.92 bits per heavy atom. The summed E-state index contributed by atoms with van der Waals surface area (Å²) in [5, 5.41) is 17.5. The Morgan fingerprint density at radius 3 is 2.31 bits per heavy atom. The Kier molecular flexibility index (Phi) is 5.14. The zero-order chi connectivity index (χ0) is 10.4. The second kappa shape index (κ2) is 5.59. The molecule has 1 aromatic carbocycles. The molecule has 0 atom stereocenters. The van der Waals surface area contributed by atoms with Gasteiger partial charge in [-0.15, -0.1) is 0 Å². The van der Waals surface area contributed by atoms with Crippen LogP contribution in [0.15, 0.2) is 22.7 Å². The number of aromatic hydroxyl groups is 1. The molecule has 0 amide bonds. The summed E-state index contributed by atoms with van der Waals surface area (Å²) < 4.78 is 0.653. The molecule has 1 aromatic rings. The van der Waals surface area contributed by atoms with Crippen molar-refractivity contribution in [2.24, 2.45) is 0 Å². The van der Waals surface area contributed by atoms with Gasteiger partial charge in [0.1, 0.15) is 11.3 Å². The maximum Gasteiger partial charge on any atom is 0.339 e. The molecule has 0 bridgehead atoms. The molecular formula is C9H11BrO3. The molecule has 1 rings (SSSR count). The molecule has 0 heterocycles. The van der Waals surface area contributed by atoms with Gasteiger partial charge >= 0.3 is 5.97 Å². The summed E-state index contributed by atoms with van der Waals surface area (Å²) in [7, 11) is 0. The van der Waals surface area contributed by atoms with Crippen LogP contribution in [0.2, 0.25) is 0 Å². The number of phenols is 1. The molecule has 0 fully saturated rings. The summed E-state index contributed by atoms with van der Waals surface area (Å²) in [6.07, 6.45) is 0. The van der Waals surface area contributed by atoms with Gasteiger partial charge in [0.25, 0.3) is 0 Å². The number of rotatable bonds is 1. The highest BCUT2D eigenvalue weighted by Gasteiger charge is 2.07. The fourth-order valence-corrected chi connectivity index (χ4v) is 1.03. The molecule has 0 aromatic heterocycles. The second-order valence-corrected chi connectivity index (χ2v) is 2.88. The SMILES string of the molecule is CC.O=C(O)c1ccc(Br)cc1O. The van der Waals surface area contributed by atoms with E-state index in [4.69, 9.17) is 10.2 Å². The molecular weight excluding hydrogens is 236 g/mol. The molecule has 4 heteroatoms. The Morgan fingerprint density at radius 1 is 1.38 bits per heavy atom. The van der Waals surface area contributed by atoms with Crippen molar-refractivity contribution < 1.29 is 15.0 Å². The molecule has 2 N–H and O–H groups in total. The van der Waals surface area contributed by atoms with Gasteiger partial charge in [-0.25, -0.2) is 4.79 Å². The van der Waals surface area contributed by atoms with Crippen molar-refractivity contribution in [1.29, 1.82) is 0 Å². The van der Waals surface area contributed by atoms with Crippen LogP contribution in [0.3, 0.4) is 0 Å². The average molecular weight is 247 g/mol. The fraction of sp³-hybridized carbons (Fsp3) is 0.222. The molecule has 0 unspecified atom stereocenters. The van der Waals surface area contributed by atoms with Gasteiger partial charge in [0.2, 0.25) is 0 Å². The first-order chi connectivity index (χ1) is 6.11. The van der Waals surface area contributed by atoms with Crippen LogP contribution < -0.4 is 0 Å². The smallest absolute Gasteiger partial charge is 0.339 e. The van der Waals surface area contributed by atoms with E-state index in [-0.39, 0.29) is 11.3 Å².